The molecule has 0 amide bonds. The standard InChI is InChI=1S/C12H17NO/c1-9-7-11(8-10(2)12(9)14)13-5-3-4-6-13/h7-8,14H,3-6H2,1-2H3. The van der Waals surface area contributed by atoms with Gasteiger partial charge in [0.15, 0.2) is 0 Å². The van der Waals surface area contributed by atoms with Crippen LogP contribution in [0.25, 0.3) is 0 Å². The van der Waals surface area contributed by atoms with Crippen LogP contribution in [0.2, 0.25) is 0 Å². The maximum atomic E-state index is 9.66. The minimum atomic E-state index is 0.438. The fourth-order valence-corrected chi connectivity index (χ4v) is 2.09. The summed E-state index contributed by atoms with van der Waals surface area (Å²) < 4.78 is 0. The summed E-state index contributed by atoms with van der Waals surface area (Å²) in [6, 6.07) is 4.15. The van der Waals surface area contributed by atoms with Gasteiger partial charge in [0, 0.05) is 18.8 Å². The predicted molar refractivity (Wildman–Crippen MR) is 59.0 cm³/mol. The highest BCUT2D eigenvalue weighted by Crippen LogP contribution is 2.29. The minimum Gasteiger partial charge on any atom is -0.507 e. The molecule has 0 spiro atoms. The average Bonchev–Trinajstić information content (AvgIpc) is 2.66. The van der Waals surface area contributed by atoms with Crippen LogP contribution < -0.4 is 4.90 Å². The highest BCUT2D eigenvalue weighted by atomic mass is 16.3. The largest absolute Gasteiger partial charge is 0.507 e. The van der Waals surface area contributed by atoms with Gasteiger partial charge < -0.3 is 10.0 Å². The van der Waals surface area contributed by atoms with Gasteiger partial charge in [0.2, 0.25) is 0 Å². The fraction of sp³-hybridized carbons (Fsp3) is 0.500. The van der Waals surface area contributed by atoms with E-state index in [1.54, 1.807) is 0 Å². The Morgan fingerprint density at radius 2 is 1.57 bits per heavy atom. The first-order valence-corrected chi connectivity index (χ1v) is 5.23. The Balaban J connectivity index is 2.34. The summed E-state index contributed by atoms with van der Waals surface area (Å²) in [7, 11) is 0. The number of rotatable bonds is 1. The molecule has 76 valence electrons. The normalized spacial score (nSPS) is 16.3. The van der Waals surface area contributed by atoms with E-state index in [4.69, 9.17) is 0 Å². The number of benzene rings is 1. The van der Waals surface area contributed by atoms with Crippen molar-refractivity contribution in [3.8, 4) is 5.75 Å². The molecule has 0 bridgehead atoms. The molecule has 1 fully saturated rings. The number of hydrogen-bond acceptors (Lipinski definition) is 2. The third kappa shape index (κ3) is 1.57. The van der Waals surface area contributed by atoms with E-state index in [-0.39, 0.29) is 0 Å². The molecule has 0 atom stereocenters. The van der Waals surface area contributed by atoms with Gasteiger partial charge in [-0.2, -0.15) is 0 Å². The van der Waals surface area contributed by atoms with E-state index in [9.17, 15) is 5.11 Å². The van der Waals surface area contributed by atoms with Gasteiger partial charge in [0.05, 0.1) is 0 Å². The van der Waals surface area contributed by atoms with Crippen LogP contribution in [0.3, 0.4) is 0 Å². The summed E-state index contributed by atoms with van der Waals surface area (Å²) in [5, 5.41) is 9.66. The molecule has 14 heavy (non-hydrogen) atoms. The Morgan fingerprint density at radius 1 is 1.07 bits per heavy atom. The van der Waals surface area contributed by atoms with Crippen molar-refractivity contribution in [2.45, 2.75) is 26.7 Å². The van der Waals surface area contributed by atoms with Crippen LogP contribution in [0.5, 0.6) is 5.75 Å². The van der Waals surface area contributed by atoms with E-state index >= 15 is 0 Å². The molecule has 0 unspecified atom stereocenters. The van der Waals surface area contributed by atoms with Gasteiger partial charge in [0.25, 0.3) is 0 Å². The summed E-state index contributed by atoms with van der Waals surface area (Å²) in [4.78, 5) is 2.39. The van der Waals surface area contributed by atoms with Crippen molar-refractivity contribution in [3.63, 3.8) is 0 Å². The summed E-state index contributed by atoms with van der Waals surface area (Å²) in [5.74, 6) is 0.438. The maximum absolute atomic E-state index is 9.66. The molecular formula is C12H17NO. The molecule has 2 heteroatoms. The number of aromatic hydroxyl groups is 1. The van der Waals surface area contributed by atoms with Crippen molar-refractivity contribution in [1.29, 1.82) is 0 Å². The zero-order valence-electron chi connectivity index (χ0n) is 8.88. The summed E-state index contributed by atoms with van der Waals surface area (Å²) in [6.45, 7) is 6.23. The SMILES string of the molecule is Cc1cc(N2CCCC2)cc(C)c1O. The van der Waals surface area contributed by atoms with Gasteiger partial charge in [0.1, 0.15) is 5.75 Å². The van der Waals surface area contributed by atoms with Gasteiger partial charge in [-0.25, -0.2) is 0 Å². The van der Waals surface area contributed by atoms with Crippen molar-refractivity contribution in [3.05, 3.63) is 23.3 Å². The van der Waals surface area contributed by atoms with Crippen LogP contribution >= 0.6 is 0 Å². The molecule has 1 aliphatic rings. The lowest BCUT2D eigenvalue weighted by atomic mass is 10.1. The van der Waals surface area contributed by atoms with Crippen molar-refractivity contribution in [2.75, 3.05) is 18.0 Å². The maximum Gasteiger partial charge on any atom is 0.121 e. The van der Waals surface area contributed by atoms with Gasteiger partial charge in [-0.3, -0.25) is 0 Å². The van der Waals surface area contributed by atoms with Gasteiger partial charge >= 0.3 is 0 Å². The minimum absolute atomic E-state index is 0.438. The fourth-order valence-electron chi connectivity index (χ4n) is 2.09. The first kappa shape index (κ1) is 9.38. The first-order chi connectivity index (χ1) is 6.68. The zero-order valence-corrected chi connectivity index (χ0v) is 8.88. The van der Waals surface area contributed by atoms with E-state index in [1.807, 2.05) is 13.8 Å². The highest BCUT2D eigenvalue weighted by molar-refractivity contribution is 5.56. The Kier molecular flexibility index (Phi) is 2.36. The van der Waals surface area contributed by atoms with Crippen LogP contribution in [0.4, 0.5) is 5.69 Å². The average molecular weight is 191 g/mol. The first-order valence-electron chi connectivity index (χ1n) is 5.23. The smallest absolute Gasteiger partial charge is 0.121 e. The molecule has 1 aromatic rings. The van der Waals surface area contributed by atoms with Crippen LogP contribution in [0, 0.1) is 13.8 Å². The van der Waals surface area contributed by atoms with Gasteiger partial charge in [-0.15, -0.1) is 0 Å². The second-order valence-corrected chi connectivity index (χ2v) is 4.12. The van der Waals surface area contributed by atoms with E-state index in [0.717, 1.165) is 24.2 Å². The Morgan fingerprint density at radius 3 is 2.07 bits per heavy atom. The lowest BCUT2D eigenvalue weighted by Crippen LogP contribution is -2.17. The van der Waals surface area contributed by atoms with Crippen molar-refractivity contribution in [1.82, 2.24) is 0 Å². The Labute approximate surface area is 85.2 Å². The van der Waals surface area contributed by atoms with Crippen molar-refractivity contribution in [2.24, 2.45) is 0 Å². The third-order valence-corrected chi connectivity index (χ3v) is 2.95. The summed E-state index contributed by atoms with van der Waals surface area (Å²) in [5.41, 5.74) is 3.22. The lowest BCUT2D eigenvalue weighted by Gasteiger charge is -2.19. The zero-order chi connectivity index (χ0) is 10.1. The second-order valence-electron chi connectivity index (χ2n) is 4.12. The molecule has 1 aliphatic heterocycles. The van der Waals surface area contributed by atoms with E-state index < -0.39 is 0 Å². The molecule has 1 N–H and O–H groups in total. The van der Waals surface area contributed by atoms with E-state index in [0.29, 0.717) is 5.75 Å². The molecule has 2 rings (SSSR count). The van der Waals surface area contributed by atoms with Gasteiger partial charge in [-0.1, -0.05) is 0 Å². The summed E-state index contributed by atoms with van der Waals surface area (Å²) in [6.07, 6.45) is 2.58. The summed E-state index contributed by atoms with van der Waals surface area (Å²) >= 11 is 0. The van der Waals surface area contributed by atoms with Crippen molar-refractivity contribution >= 4 is 5.69 Å². The number of phenols is 1. The van der Waals surface area contributed by atoms with E-state index in [2.05, 4.69) is 17.0 Å². The van der Waals surface area contributed by atoms with Crippen molar-refractivity contribution < 1.29 is 5.11 Å². The third-order valence-electron chi connectivity index (χ3n) is 2.95. The number of aryl methyl sites for hydroxylation is 2. The molecule has 0 aromatic heterocycles. The number of phenolic OH excluding ortho intramolecular Hbond substituents is 1. The molecule has 1 saturated heterocycles. The van der Waals surface area contributed by atoms with Gasteiger partial charge in [-0.05, 0) is 49.9 Å². The van der Waals surface area contributed by atoms with Crippen LogP contribution in [0.1, 0.15) is 24.0 Å². The Bertz CT molecular complexity index is 317. The molecular weight excluding hydrogens is 174 g/mol. The molecule has 2 nitrogen and oxygen atoms in total. The lowest BCUT2D eigenvalue weighted by molar-refractivity contribution is 0.467. The van der Waals surface area contributed by atoms with Crippen LogP contribution in [-0.2, 0) is 0 Å². The highest BCUT2D eigenvalue weighted by Gasteiger charge is 2.14. The topological polar surface area (TPSA) is 23.5 Å². The molecule has 1 aromatic carbocycles. The van der Waals surface area contributed by atoms with Crippen LogP contribution in [-0.4, -0.2) is 18.2 Å². The van der Waals surface area contributed by atoms with E-state index in [1.165, 1.54) is 18.5 Å². The number of anilines is 1. The monoisotopic (exact) mass is 191 g/mol. The second kappa shape index (κ2) is 3.52. The predicted octanol–water partition coefficient (Wildman–Crippen LogP) is 2.61. The Hall–Kier alpha value is -1.18. The molecule has 0 saturated carbocycles. The molecule has 0 radical (unpaired) electrons. The van der Waals surface area contributed by atoms with Crippen LogP contribution in [0.15, 0.2) is 12.1 Å². The number of hydrogen-bond donors (Lipinski definition) is 1. The molecule has 1 heterocycles. The number of nitrogens with zero attached hydrogens (tertiary/aromatic N) is 1. The molecule has 0 aliphatic carbocycles. The quantitative estimate of drug-likeness (QED) is 0.737.